The van der Waals surface area contributed by atoms with E-state index in [0.717, 1.165) is 14.2 Å². The molecule has 0 bridgehead atoms. The second-order valence-electron chi connectivity index (χ2n) is 4.88. The Hall–Kier alpha value is -1.03. The van der Waals surface area contributed by atoms with Crippen molar-refractivity contribution in [1.82, 2.24) is 10.1 Å². The van der Waals surface area contributed by atoms with Crippen LogP contribution in [-0.4, -0.2) is 24.3 Å². The minimum atomic E-state index is -3.14. The highest BCUT2D eigenvalue weighted by Gasteiger charge is 2.16. The van der Waals surface area contributed by atoms with Crippen molar-refractivity contribution < 1.29 is 12.9 Å². The van der Waals surface area contributed by atoms with Crippen LogP contribution in [-0.2, 0) is 22.0 Å². The van der Waals surface area contributed by atoms with E-state index in [0.29, 0.717) is 24.6 Å². The molecule has 0 unspecified atom stereocenters. The molecule has 23 heavy (non-hydrogen) atoms. The van der Waals surface area contributed by atoms with Crippen LogP contribution in [0.4, 0.5) is 0 Å². The molecule has 0 radical (unpaired) electrons. The maximum atomic E-state index is 12.2. The van der Waals surface area contributed by atoms with Crippen molar-refractivity contribution in [3.63, 3.8) is 0 Å². The highest BCUT2D eigenvalue weighted by Crippen LogP contribution is 2.25. The van der Waals surface area contributed by atoms with Crippen LogP contribution in [0.2, 0.25) is 0 Å². The smallest absolute Gasteiger partial charge is 0.227 e. The number of nitrogens with zero attached hydrogens (tertiary/aromatic N) is 2. The van der Waals surface area contributed by atoms with Crippen LogP contribution in [0.1, 0.15) is 17.2 Å². The summed E-state index contributed by atoms with van der Waals surface area (Å²) < 4.78 is 30.3. The summed E-state index contributed by atoms with van der Waals surface area (Å²) in [6.45, 7) is 0. The van der Waals surface area contributed by atoms with Gasteiger partial charge < -0.3 is 4.52 Å². The van der Waals surface area contributed by atoms with Crippen LogP contribution in [0.25, 0.3) is 10.7 Å². The van der Waals surface area contributed by atoms with Crippen molar-refractivity contribution in [2.75, 3.05) is 5.75 Å². The van der Waals surface area contributed by atoms with Gasteiger partial charge in [0.25, 0.3) is 0 Å². The predicted molar refractivity (Wildman–Crippen MR) is 95.4 cm³/mol. The molecule has 0 N–H and O–H groups in total. The molecule has 3 rings (SSSR count). The third-order valence-electron chi connectivity index (χ3n) is 3.10. The molecule has 0 fully saturated rings. The van der Waals surface area contributed by atoms with Gasteiger partial charge in [-0.1, -0.05) is 11.2 Å². The Balaban J connectivity index is 1.54. The minimum Gasteiger partial charge on any atom is -0.339 e. The van der Waals surface area contributed by atoms with Gasteiger partial charge in [-0.25, -0.2) is 8.42 Å². The largest absolute Gasteiger partial charge is 0.339 e. The molecule has 0 aliphatic heterocycles. The average molecular weight is 433 g/mol. The number of rotatable bonds is 7. The van der Waals surface area contributed by atoms with Gasteiger partial charge in [0.05, 0.1) is 16.4 Å². The van der Waals surface area contributed by atoms with E-state index in [1.807, 2.05) is 29.0 Å². The monoisotopic (exact) mass is 432 g/mol. The molecule has 9 heteroatoms. The zero-order valence-corrected chi connectivity index (χ0v) is 16.0. The number of aryl methyl sites for hydroxylation is 1. The molecule has 0 saturated heterocycles. The van der Waals surface area contributed by atoms with Gasteiger partial charge in [0.1, 0.15) is 0 Å². The first-order valence-electron chi connectivity index (χ1n) is 6.82. The lowest BCUT2D eigenvalue weighted by Crippen LogP contribution is -2.09. The maximum Gasteiger partial charge on any atom is 0.227 e. The molecule has 3 aromatic rings. The lowest BCUT2D eigenvalue weighted by Gasteiger charge is -2.02. The molecule has 0 aliphatic rings. The van der Waals surface area contributed by atoms with E-state index in [-0.39, 0.29) is 11.5 Å². The zero-order valence-electron chi connectivity index (χ0n) is 11.9. The van der Waals surface area contributed by atoms with Crippen LogP contribution in [0, 0.1) is 0 Å². The summed E-state index contributed by atoms with van der Waals surface area (Å²) in [6, 6.07) is 5.70. The summed E-state index contributed by atoms with van der Waals surface area (Å²) in [5.74, 6) is 1.20. The normalized spacial score (nSPS) is 11.9. The van der Waals surface area contributed by atoms with E-state index in [9.17, 15) is 8.42 Å². The first-order chi connectivity index (χ1) is 11.0. The van der Waals surface area contributed by atoms with E-state index in [1.165, 1.54) is 22.7 Å². The summed E-state index contributed by atoms with van der Waals surface area (Å²) in [5, 5.41) is 7.74. The van der Waals surface area contributed by atoms with Gasteiger partial charge in [-0.2, -0.15) is 4.98 Å². The van der Waals surface area contributed by atoms with Gasteiger partial charge in [0.2, 0.25) is 11.7 Å². The molecule has 122 valence electrons. The molecule has 5 nitrogen and oxygen atoms in total. The van der Waals surface area contributed by atoms with Gasteiger partial charge in [-0.15, -0.1) is 22.7 Å². The topological polar surface area (TPSA) is 73.1 Å². The lowest BCUT2D eigenvalue weighted by atomic mass is 10.3. The summed E-state index contributed by atoms with van der Waals surface area (Å²) >= 11 is 6.34. The van der Waals surface area contributed by atoms with Crippen molar-refractivity contribution in [1.29, 1.82) is 0 Å². The molecule has 0 saturated carbocycles. The fourth-order valence-electron chi connectivity index (χ4n) is 2.01. The standard InChI is InChI=1S/C14H13BrN2O3S3/c15-10-5-7-22-12(10)9-23(18,19)8-2-4-13-16-14(17-20-13)11-3-1-6-21-11/h1,3,5-7H,2,4,8-9H2. The molecular formula is C14H13BrN2O3S3. The van der Waals surface area contributed by atoms with E-state index in [2.05, 4.69) is 26.1 Å². The quantitative estimate of drug-likeness (QED) is 0.559. The number of aromatic nitrogens is 2. The Morgan fingerprint density at radius 1 is 1.22 bits per heavy atom. The summed E-state index contributed by atoms with van der Waals surface area (Å²) in [7, 11) is -3.14. The van der Waals surface area contributed by atoms with Gasteiger partial charge in [-0.05, 0) is 45.2 Å². The molecule has 0 spiro atoms. The number of halogens is 1. The van der Waals surface area contributed by atoms with Crippen LogP contribution >= 0.6 is 38.6 Å². The molecule has 0 aliphatic carbocycles. The van der Waals surface area contributed by atoms with Gasteiger partial charge in [0.15, 0.2) is 9.84 Å². The summed E-state index contributed by atoms with van der Waals surface area (Å²) in [4.78, 5) is 6.07. The first kappa shape index (κ1) is 16.8. The Bertz CT molecular complexity index is 869. The molecule has 0 amide bonds. The van der Waals surface area contributed by atoms with Gasteiger partial charge in [-0.3, -0.25) is 0 Å². The fourth-order valence-corrected chi connectivity index (χ4v) is 6.21. The molecule has 3 aromatic heterocycles. The van der Waals surface area contributed by atoms with E-state index < -0.39 is 9.84 Å². The number of thiophene rings is 2. The molecular weight excluding hydrogens is 420 g/mol. The van der Waals surface area contributed by atoms with Gasteiger partial charge >= 0.3 is 0 Å². The number of sulfone groups is 1. The Morgan fingerprint density at radius 3 is 2.78 bits per heavy atom. The first-order valence-corrected chi connectivity index (χ1v) is 11.2. The Kier molecular flexibility index (Phi) is 5.30. The number of hydrogen-bond donors (Lipinski definition) is 0. The minimum absolute atomic E-state index is 0.0650. The third kappa shape index (κ3) is 4.50. The van der Waals surface area contributed by atoms with Crippen LogP contribution in [0.5, 0.6) is 0 Å². The molecule has 3 heterocycles. The Labute approximate surface area is 150 Å². The van der Waals surface area contributed by atoms with Crippen LogP contribution in [0.15, 0.2) is 38.0 Å². The SMILES string of the molecule is O=S(=O)(CCCc1nc(-c2cccs2)no1)Cc1sccc1Br. The average Bonchev–Trinajstić information content (AvgIpc) is 3.21. The lowest BCUT2D eigenvalue weighted by molar-refractivity contribution is 0.378. The third-order valence-corrected chi connectivity index (χ3v) is 7.71. The number of hydrogen-bond acceptors (Lipinski definition) is 7. The van der Waals surface area contributed by atoms with Crippen LogP contribution < -0.4 is 0 Å². The second-order valence-corrected chi connectivity index (χ2v) is 9.86. The Morgan fingerprint density at radius 2 is 2.09 bits per heavy atom. The van der Waals surface area contributed by atoms with E-state index in [1.54, 1.807) is 0 Å². The van der Waals surface area contributed by atoms with Crippen molar-refractivity contribution in [2.45, 2.75) is 18.6 Å². The highest BCUT2D eigenvalue weighted by molar-refractivity contribution is 9.10. The fraction of sp³-hybridized carbons (Fsp3) is 0.286. The maximum absolute atomic E-state index is 12.2. The van der Waals surface area contributed by atoms with Gasteiger partial charge in [0, 0.05) is 15.8 Å². The molecule has 0 aromatic carbocycles. The molecule has 0 atom stereocenters. The summed E-state index contributed by atoms with van der Waals surface area (Å²) in [6.07, 6.45) is 0.931. The van der Waals surface area contributed by atoms with Crippen molar-refractivity contribution >= 4 is 48.4 Å². The van der Waals surface area contributed by atoms with Crippen molar-refractivity contribution in [3.05, 3.63) is 44.2 Å². The van der Waals surface area contributed by atoms with Crippen LogP contribution in [0.3, 0.4) is 0 Å². The zero-order chi connectivity index (χ0) is 16.3. The summed E-state index contributed by atoms with van der Waals surface area (Å²) in [5.41, 5.74) is 0. The predicted octanol–water partition coefficient (Wildman–Crippen LogP) is 4.17. The van der Waals surface area contributed by atoms with Crippen molar-refractivity contribution in [3.8, 4) is 10.7 Å². The van der Waals surface area contributed by atoms with Crippen molar-refractivity contribution in [2.24, 2.45) is 0 Å². The highest BCUT2D eigenvalue weighted by atomic mass is 79.9. The van der Waals surface area contributed by atoms with E-state index in [4.69, 9.17) is 4.52 Å². The van der Waals surface area contributed by atoms with E-state index >= 15 is 0 Å². The second kappa shape index (κ2) is 7.25.